The summed E-state index contributed by atoms with van der Waals surface area (Å²) in [5.41, 5.74) is 11.9. The zero-order valence-electron chi connectivity index (χ0n) is 10.4. The van der Waals surface area contributed by atoms with E-state index in [2.05, 4.69) is 0 Å². The maximum Gasteiger partial charge on any atom is 0.248 e. The second-order valence-electron chi connectivity index (χ2n) is 3.90. The van der Waals surface area contributed by atoms with Gasteiger partial charge in [-0.1, -0.05) is 6.07 Å². The van der Waals surface area contributed by atoms with Crippen LogP contribution in [0.2, 0.25) is 0 Å². The Morgan fingerprint density at radius 2 is 1.89 bits per heavy atom. The molecule has 98 valence electrons. The molecule has 2 rings (SSSR count). The van der Waals surface area contributed by atoms with Gasteiger partial charge in [0.2, 0.25) is 5.91 Å². The first-order chi connectivity index (χ1) is 9.10. The molecule has 2 aromatic rings. The number of carbonyl (C=O) groups excluding carboxylic acids is 1. The lowest BCUT2D eigenvalue weighted by molar-refractivity contribution is 0.1000. The summed E-state index contributed by atoms with van der Waals surface area (Å²) in [4.78, 5) is 11.1. The molecule has 0 saturated carbocycles. The summed E-state index contributed by atoms with van der Waals surface area (Å²) in [6.45, 7) is 0. The lowest BCUT2D eigenvalue weighted by atomic mass is 10.2. The van der Waals surface area contributed by atoms with Crippen LogP contribution in [0.25, 0.3) is 0 Å². The Balaban J connectivity index is 2.26. The third-order valence-electron chi connectivity index (χ3n) is 2.56. The van der Waals surface area contributed by atoms with Gasteiger partial charge in [-0.2, -0.15) is 0 Å². The van der Waals surface area contributed by atoms with Gasteiger partial charge in [-0.3, -0.25) is 4.79 Å². The normalized spacial score (nSPS) is 9.95. The highest BCUT2D eigenvalue weighted by atomic mass is 16.5. The summed E-state index contributed by atoms with van der Waals surface area (Å²) in [5.74, 6) is 1.12. The second-order valence-corrected chi connectivity index (χ2v) is 3.90. The van der Waals surface area contributed by atoms with Crippen LogP contribution < -0.4 is 20.9 Å². The average Bonchev–Trinajstić information content (AvgIpc) is 2.41. The second kappa shape index (κ2) is 5.30. The van der Waals surface area contributed by atoms with E-state index in [0.717, 1.165) is 0 Å². The number of hydrogen-bond acceptors (Lipinski definition) is 4. The smallest absolute Gasteiger partial charge is 0.248 e. The molecule has 0 aromatic heterocycles. The van der Waals surface area contributed by atoms with Gasteiger partial charge >= 0.3 is 0 Å². The van der Waals surface area contributed by atoms with Crippen LogP contribution >= 0.6 is 0 Å². The molecule has 0 bridgehead atoms. The topological polar surface area (TPSA) is 87.6 Å². The summed E-state index contributed by atoms with van der Waals surface area (Å²) in [5, 5.41) is 0. The van der Waals surface area contributed by atoms with Crippen molar-refractivity contribution in [3.8, 4) is 17.2 Å². The average molecular weight is 258 g/mol. The van der Waals surface area contributed by atoms with E-state index < -0.39 is 5.91 Å². The van der Waals surface area contributed by atoms with Crippen molar-refractivity contribution in [2.75, 3.05) is 12.8 Å². The fraction of sp³-hybridized carbons (Fsp3) is 0.0714. The first-order valence-electron chi connectivity index (χ1n) is 5.61. The molecule has 0 aliphatic carbocycles. The minimum Gasteiger partial charge on any atom is -0.497 e. The van der Waals surface area contributed by atoms with Gasteiger partial charge in [0.1, 0.15) is 11.5 Å². The monoisotopic (exact) mass is 258 g/mol. The molecule has 0 unspecified atom stereocenters. The van der Waals surface area contributed by atoms with E-state index in [-0.39, 0.29) is 0 Å². The summed E-state index contributed by atoms with van der Waals surface area (Å²) in [6, 6.07) is 11.7. The number of hydrogen-bond donors (Lipinski definition) is 2. The Bertz CT molecular complexity index is 611. The highest BCUT2D eigenvalue weighted by Gasteiger charge is 2.06. The van der Waals surface area contributed by atoms with Crippen molar-refractivity contribution < 1.29 is 14.3 Å². The predicted octanol–water partition coefficient (Wildman–Crippen LogP) is 2.17. The van der Waals surface area contributed by atoms with E-state index in [9.17, 15) is 4.79 Å². The first kappa shape index (κ1) is 12.8. The standard InChI is InChI=1S/C14H14N2O3/c1-18-10-5-6-13(12(15)8-10)19-11-4-2-3-9(7-11)14(16)17/h2-8H,15H2,1H3,(H2,16,17). The number of carbonyl (C=O) groups is 1. The van der Waals surface area contributed by atoms with Crippen molar-refractivity contribution in [2.24, 2.45) is 5.73 Å². The van der Waals surface area contributed by atoms with Crippen LogP contribution in [-0.4, -0.2) is 13.0 Å². The van der Waals surface area contributed by atoms with Crippen LogP contribution in [0, 0.1) is 0 Å². The number of rotatable bonds is 4. The molecule has 2 aromatic carbocycles. The third-order valence-corrected chi connectivity index (χ3v) is 2.56. The molecule has 0 aliphatic rings. The zero-order chi connectivity index (χ0) is 13.8. The van der Waals surface area contributed by atoms with E-state index in [4.69, 9.17) is 20.9 Å². The van der Waals surface area contributed by atoms with Gasteiger partial charge in [-0.15, -0.1) is 0 Å². The Kier molecular flexibility index (Phi) is 3.56. The van der Waals surface area contributed by atoms with Gasteiger partial charge in [0.25, 0.3) is 0 Å². The summed E-state index contributed by atoms with van der Waals surface area (Å²) in [6.07, 6.45) is 0. The number of ether oxygens (including phenoxy) is 2. The minimum atomic E-state index is -0.506. The van der Waals surface area contributed by atoms with Crippen LogP contribution in [-0.2, 0) is 0 Å². The van der Waals surface area contributed by atoms with Gasteiger partial charge < -0.3 is 20.9 Å². The van der Waals surface area contributed by atoms with Crippen molar-refractivity contribution in [2.45, 2.75) is 0 Å². The highest BCUT2D eigenvalue weighted by molar-refractivity contribution is 5.93. The van der Waals surface area contributed by atoms with Gasteiger partial charge in [0.05, 0.1) is 12.8 Å². The van der Waals surface area contributed by atoms with Gasteiger partial charge in [0, 0.05) is 11.6 Å². The number of nitrogens with two attached hydrogens (primary N) is 2. The molecule has 0 fully saturated rings. The maximum atomic E-state index is 11.1. The molecular formula is C14H14N2O3. The Morgan fingerprint density at radius 1 is 1.11 bits per heavy atom. The number of anilines is 1. The molecule has 0 atom stereocenters. The molecule has 1 amide bonds. The van der Waals surface area contributed by atoms with Crippen molar-refractivity contribution in [1.82, 2.24) is 0 Å². The summed E-state index contributed by atoms with van der Waals surface area (Å²) in [7, 11) is 1.56. The Hall–Kier alpha value is -2.69. The van der Waals surface area contributed by atoms with Crippen molar-refractivity contribution in [3.63, 3.8) is 0 Å². The van der Waals surface area contributed by atoms with Crippen LogP contribution in [0.3, 0.4) is 0 Å². The van der Waals surface area contributed by atoms with Crippen LogP contribution in [0.4, 0.5) is 5.69 Å². The van der Waals surface area contributed by atoms with Crippen molar-refractivity contribution in [1.29, 1.82) is 0 Å². The molecule has 0 radical (unpaired) electrons. The maximum absolute atomic E-state index is 11.1. The lowest BCUT2D eigenvalue weighted by Gasteiger charge is -2.10. The van der Waals surface area contributed by atoms with Gasteiger partial charge in [-0.25, -0.2) is 0 Å². The summed E-state index contributed by atoms with van der Waals surface area (Å²) >= 11 is 0. The van der Waals surface area contributed by atoms with Gasteiger partial charge in [-0.05, 0) is 30.3 Å². The molecule has 5 nitrogen and oxygen atoms in total. The first-order valence-corrected chi connectivity index (χ1v) is 5.61. The molecular weight excluding hydrogens is 244 g/mol. The van der Waals surface area contributed by atoms with Crippen LogP contribution in [0.1, 0.15) is 10.4 Å². The predicted molar refractivity (Wildman–Crippen MR) is 72.4 cm³/mol. The van der Waals surface area contributed by atoms with E-state index in [1.54, 1.807) is 49.6 Å². The van der Waals surface area contributed by atoms with E-state index >= 15 is 0 Å². The fourth-order valence-corrected chi connectivity index (χ4v) is 1.59. The lowest BCUT2D eigenvalue weighted by Crippen LogP contribution is -2.10. The Labute approximate surface area is 110 Å². The van der Waals surface area contributed by atoms with E-state index in [1.165, 1.54) is 0 Å². The summed E-state index contributed by atoms with van der Waals surface area (Å²) < 4.78 is 10.7. The quantitative estimate of drug-likeness (QED) is 0.823. The SMILES string of the molecule is COc1ccc(Oc2cccc(C(N)=O)c2)c(N)c1. The number of primary amides is 1. The highest BCUT2D eigenvalue weighted by Crippen LogP contribution is 2.30. The number of nitrogen functional groups attached to an aromatic ring is 1. The molecule has 0 aliphatic heterocycles. The number of methoxy groups -OCH3 is 1. The third kappa shape index (κ3) is 2.95. The van der Waals surface area contributed by atoms with Crippen molar-refractivity contribution >= 4 is 11.6 Å². The largest absolute Gasteiger partial charge is 0.497 e. The number of amides is 1. The van der Waals surface area contributed by atoms with E-state index in [0.29, 0.717) is 28.5 Å². The fourth-order valence-electron chi connectivity index (χ4n) is 1.59. The molecule has 0 heterocycles. The Morgan fingerprint density at radius 3 is 2.53 bits per heavy atom. The molecule has 5 heteroatoms. The molecule has 4 N–H and O–H groups in total. The van der Waals surface area contributed by atoms with Crippen LogP contribution in [0.5, 0.6) is 17.2 Å². The van der Waals surface area contributed by atoms with Gasteiger partial charge in [0.15, 0.2) is 5.75 Å². The number of benzene rings is 2. The van der Waals surface area contributed by atoms with Crippen molar-refractivity contribution in [3.05, 3.63) is 48.0 Å². The van der Waals surface area contributed by atoms with Crippen LogP contribution in [0.15, 0.2) is 42.5 Å². The zero-order valence-corrected chi connectivity index (χ0v) is 10.4. The van der Waals surface area contributed by atoms with E-state index in [1.807, 2.05) is 0 Å². The molecule has 0 spiro atoms. The molecule has 19 heavy (non-hydrogen) atoms. The minimum absolute atomic E-state index is 0.379. The molecule has 0 saturated heterocycles.